The maximum Gasteiger partial charge on any atom is 0.254 e. The van der Waals surface area contributed by atoms with E-state index in [2.05, 4.69) is 9.36 Å². The van der Waals surface area contributed by atoms with Gasteiger partial charge in [-0.05, 0) is 36.5 Å². The molecule has 11 heteroatoms. The van der Waals surface area contributed by atoms with E-state index in [1.807, 2.05) is 0 Å². The van der Waals surface area contributed by atoms with Gasteiger partial charge in [0.05, 0.1) is 6.54 Å². The normalized spacial score (nSPS) is 17.2. The van der Waals surface area contributed by atoms with Crippen LogP contribution in [0.15, 0.2) is 12.1 Å². The van der Waals surface area contributed by atoms with Crippen LogP contribution in [0.4, 0.5) is 13.2 Å². The summed E-state index contributed by atoms with van der Waals surface area (Å²) in [5.74, 6) is -4.11. The van der Waals surface area contributed by atoms with E-state index in [1.165, 1.54) is 9.80 Å². The molecule has 0 atom stereocenters. The van der Waals surface area contributed by atoms with Gasteiger partial charge < -0.3 is 9.80 Å². The first-order valence-corrected chi connectivity index (χ1v) is 9.33. The topological polar surface area (TPSA) is 97.0 Å². The van der Waals surface area contributed by atoms with Crippen molar-refractivity contribution in [3.63, 3.8) is 0 Å². The second kappa shape index (κ2) is 6.97. The fraction of sp³-hybridized carbons (Fsp3) is 0.353. The van der Waals surface area contributed by atoms with Crippen LogP contribution in [0.5, 0.6) is 0 Å². The van der Waals surface area contributed by atoms with Crippen LogP contribution in [-0.4, -0.2) is 56.4 Å². The molecular weight excluding hydrogens is 393 g/mol. The van der Waals surface area contributed by atoms with E-state index in [0.29, 0.717) is 23.1 Å². The first kappa shape index (κ1) is 18.5. The van der Waals surface area contributed by atoms with Crippen LogP contribution in [0.1, 0.15) is 39.9 Å². The Kier molecular flexibility index (Phi) is 4.61. The predicted molar refractivity (Wildman–Crippen MR) is 95.4 cm³/mol. The monoisotopic (exact) mass is 408 g/mol. The first-order chi connectivity index (χ1) is 13.3. The largest absolute Gasteiger partial charge is 0.329 e. The Bertz CT molecular complexity index is 966. The van der Waals surface area contributed by atoms with E-state index in [4.69, 9.17) is 10.8 Å². The van der Waals surface area contributed by atoms with Gasteiger partial charge in [0.2, 0.25) is 0 Å². The Morgan fingerprint density at radius 1 is 1.18 bits per heavy atom. The maximum absolute atomic E-state index is 13.4. The second-order valence-electron chi connectivity index (χ2n) is 6.66. The van der Waals surface area contributed by atoms with Crippen molar-refractivity contribution in [2.24, 2.45) is 0 Å². The molecule has 1 aliphatic heterocycles. The van der Waals surface area contributed by atoms with Crippen LogP contribution in [0.3, 0.4) is 0 Å². The van der Waals surface area contributed by atoms with Gasteiger partial charge in [-0.1, -0.05) is 0 Å². The van der Waals surface area contributed by atoms with Crippen molar-refractivity contribution < 1.29 is 18.0 Å². The molecule has 1 aromatic carbocycles. The maximum atomic E-state index is 13.4. The van der Waals surface area contributed by atoms with Gasteiger partial charge in [-0.15, -0.1) is 0 Å². The van der Waals surface area contributed by atoms with E-state index in [0.717, 1.165) is 30.2 Å². The number of nitrogens with zero attached hydrogens (tertiary/aromatic N) is 4. The zero-order chi connectivity index (χ0) is 20.0. The molecule has 0 spiro atoms. The molecule has 0 bridgehead atoms. The van der Waals surface area contributed by atoms with E-state index in [-0.39, 0.29) is 36.9 Å². The molecule has 4 rings (SSSR count). The van der Waals surface area contributed by atoms with Gasteiger partial charge in [0.1, 0.15) is 11.7 Å². The van der Waals surface area contributed by atoms with Crippen molar-refractivity contribution in [3.05, 3.63) is 46.0 Å². The molecule has 146 valence electrons. The molecule has 1 aromatic heterocycles. The Morgan fingerprint density at radius 2 is 1.86 bits per heavy atom. The van der Waals surface area contributed by atoms with Gasteiger partial charge in [0.25, 0.3) is 5.91 Å². The van der Waals surface area contributed by atoms with E-state index in [9.17, 15) is 18.0 Å². The van der Waals surface area contributed by atoms with Gasteiger partial charge in [0.15, 0.2) is 28.3 Å². The molecule has 28 heavy (non-hydrogen) atoms. The Balaban J connectivity index is 1.45. The third-order valence-electron chi connectivity index (χ3n) is 4.63. The number of carbonyl (C=O) groups is 1. The SMILES string of the molecule is N=C1CN(C(=O)c2cc(F)c(F)c(F)c2)CCN1C(=N)c1nc(C2CC2)ns1. The summed E-state index contributed by atoms with van der Waals surface area (Å²) >= 11 is 1.11. The first-order valence-electron chi connectivity index (χ1n) is 8.56. The second-order valence-corrected chi connectivity index (χ2v) is 7.41. The lowest BCUT2D eigenvalue weighted by Crippen LogP contribution is -2.53. The molecule has 1 amide bonds. The smallest absolute Gasteiger partial charge is 0.254 e. The van der Waals surface area contributed by atoms with Gasteiger partial charge in [-0.25, -0.2) is 18.2 Å². The average Bonchev–Trinajstić information content (AvgIpc) is 3.41. The standard InChI is InChI=1S/C17H15F3N6OS/c18-10-5-9(6-11(19)13(10)20)17(27)25-3-4-26(12(21)7-25)14(22)16-23-15(24-28-16)8-1-2-8/h5-6,8,21-22H,1-4,7H2. The third kappa shape index (κ3) is 3.37. The summed E-state index contributed by atoms with van der Waals surface area (Å²) in [6.45, 7) is 0.155. The lowest BCUT2D eigenvalue weighted by molar-refractivity contribution is 0.0756. The minimum atomic E-state index is -1.63. The number of amides is 1. The highest BCUT2D eigenvalue weighted by Crippen LogP contribution is 2.38. The summed E-state index contributed by atoms with van der Waals surface area (Å²) in [5.41, 5.74) is -0.328. The van der Waals surface area contributed by atoms with Crippen LogP contribution < -0.4 is 0 Å². The van der Waals surface area contributed by atoms with Crippen LogP contribution in [0.25, 0.3) is 0 Å². The van der Waals surface area contributed by atoms with Crippen molar-refractivity contribution in [2.45, 2.75) is 18.8 Å². The summed E-state index contributed by atoms with van der Waals surface area (Å²) in [6.07, 6.45) is 2.09. The lowest BCUT2D eigenvalue weighted by atomic mass is 10.1. The number of hydrogen-bond acceptors (Lipinski definition) is 6. The van der Waals surface area contributed by atoms with Crippen LogP contribution >= 0.6 is 11.5 Å². The Labute approximate surface area is 162 Å². The molecule has 0 radical (unpaired) electrons. The zero-order valence-electron chi connectivity index (χ0n) is 14.5. The van der Waals surface area contributed by atoms with Crippen LogP contribution in [0, 0.1) is 28.3 Å². The fourth-order valence-corrected chi connectivity index (χ4v) is 3.64. The molecule has 2 aliphatic rings. The number of piperazine rings is 1. The van der Waals surface area contributed by atoms with Crippen molar-refractivity contribution in [1.82, 2.24) is 19.2 Å². The Morgan fingerprint density at radius 3 is 2.46 bits per heavy atom. The molecule has 7 nitrogen and oxygen atoms in total. The Hall–Kier alpha value is -2.82. The van der Waals surface area contributed by atoms with Gasteiger partial charge in [-0.3, -0.25) is 15.6 Å². The fourth-order valence-electron chi connectivity index (χ4n) is 2.94. The molecule has 1 saturated heterocycles. The highest BCUT2D eigenvalue weighted by atomic mass is 32.1. The van der Waals surface area contributed by atoms with Gasteiger partial charge in [0, 0.05) is 24.6 Å². The van der Waals surface area contributed by atoms with E-state index < -0.39 is 23.4 Å². The molecule has 2 fully saturated rings. The molecule has 1 saturated carbocycles. The molecule has 0 unspecified atom stereocenters. The summed E-state index contributed by atoms with van der Waals surface area (Å²) < 4.78 is 44.1. The number of benzene rings is 1. The lowest BCUT2D eigenvalue weighted by Gasteiger charge is -2.35. The van der Waals surface area contributed by atoms with Crippen LogP contribution in [-0.2, 0) is 0 Å². The molecule has 2 N–H and O–H groups in total. The van der Waals surface area contributed by atoms with Gasteiger partial charge >= 0.3 is 0 Å². The van der Waals surface area contributed by atoms with Gasteiger partial charge in [-0.2, -0.15) is 4.37 Å². The summed E-state index contributed by atoms with van der Waals surface area (Å²) in [6, 6.07) is 1.28. The number of amidine groups is 2. The minimum Gasteiger partial charge on any atom is -0.329 e. The van der Waals surface area contributed by atoms with E-state index >= 15 is 0 Å². The van der Waals surface area contributed by atoms with Crippen molar-refractivity contribution in [2.75, 3.05) is 19.6 Å². The number of carbonyl (C=O) groups excluding carboxylic acids is 1. The third-order valence-corrected chi connectivity index (χ3v) is 5.37. The van der Waals surface area contributed by atoms with Crippen molar-refractivity contribution >= 4 is 29.1 Å². The highest BCUT2D eigenvalue weighted by molar-refractivity contribution is 7.07. The number of hydrogen-bond donors (Lipinski definition) is 2. The molecule has 2 aromatic rings. The summed E-state index contributed by atoms with van der Waals surface area (Å²) in [4.78, 5) is 19.5. The summed E-state index contributed by atoms with van der Waals surface area (Å²) in [7, 11) is 0. The quantitative estimate of drug-likeness (QED) is 0.464. The van der Waals surface area contributed by atoms with Crippen molar-refractivity contribution in [1.29, 1.82) is 10.8 Å². The highest BCUT2D eigenvalue weighted by Gasteiger charge is 2.32. The summed E-state index contributed by atoms with van der Waals surface area (Å²) in [5, 5.41) is 16.9. The molecule has 2 heterocycles. The van der Waals surface area contributed by atoms with E-state index in [1.54, 1.807) is 0 Å². The van der Waals surface area contributed by atoms with Crippen molar-refractivity contribution in [3.8, 4) is 0 Å². The number of rotatable bonds is 3. The number of halogens is 3. The predicted octanol–water partition coefficient (Wildman–Crippen LogP) is 2.59. The molecular formula is C17H15F3N6OS. The average molecular weight is 408 g/mol. The molecule has 1 aliphatic carbocycles. The van der Waals surface area contributed by atoms with Crippen LogP contribution in [0.2, 0.25) is 0 Å². The number of nitrogens with one attached hydrogen (secondary N) is 2. The number of aromatic nitrogens is 2. The minimum absolute atomic E-state index is 0.0178. The zero-order valence-corrected chi connectivity index (χ0v) is 15.3.